The van der Waals surface area contributed by atoms with Crippen molar-refractivity contribution in [2.24, 2.45) is 0 Å². The van der Waals surface area contributed by atoms with Gasteiger partial charge in [-0.1, -0.05) is 18.2 Å². The highest BCUT2D eigenvalue weighted by atomic mass is 16.5. The molecule has 74 valence electrons. The molecule has 3 nitrogen and oxygen atoms in total. The molecule has 0 saturated carbocycles. The van der Waals surface area contributed by atoms with Gasteiger partial charge >= 0.3 is 0 Å². The van der Waals surface area contributed by atoms with Crippen LogP contribution >= 0.6 is 0 Å². The van der Waals surface area contributed by atoms with E-state index in [0.29, 0.717) is 6.61 Å². The van der Waals surface area contributed by atoms with E-state index < -0.39 is 0 Å². The topological polar surface area (TPSA) is 41.5 Å². The predicted molar refractivity (Wildman–Crippen MR) is 53.2 cm³/mol. The number of hydrogen-bond donors (Lipinski definition) is 2. The van der Waals surface area contributed by atoms with Crippen LogP contribution in [-0.4, -0.2) is 23.9 Å². The van der Waals surface area contributed by atoms with Gasteiger partial charge in [0.1, 0.15) is 0 Å². The van der Waals surface area contributed by atoms with E-state index in [1.165, 1.54) is 5.56 Å². The van der Waals surface area contributed by atoms with Gasteiger partial charge in [-0.3, -0.25) is 0 Å². The van der Waals surface area contributed by atoms with E-state index in [2.05, 4.69) is 11.4 Å². The largest absolute Gasteiger partial charge is 0.389 e. The fourth-order valence-electron chi connectivity index (χ4n) is 2.27. The maximum Gasteiger partial charge on any atom is 0.0975 e. The lowest BCUT2D eigenvalue weighted by Crippen LogP contribution is -2.45. The van der Waals surface area contributed by atoms with Crippen molar-refractivity contribution in [2.45, 2.75) is 24.7 Å². The van der Waals surface area contributed by atoms with Gasteiger partial charge in [-0.15, -0.1) is 0 Å². The number of anilines is 1. The minimum absolute atomic E-state index is 0.156. The maximum atomic E-state index is 9.66. The summed E-state index contributed by atoms with van der Waals surface area (Å²) in [4.78, 5) is 0. The van der Waals surface area contributed by atoms with Gasteiger partial charge < -0.3 is 15.2 Å². The number of ether oxygens (including phenoxy) is 1. The minimum Gasteiger partial charge on any atom is -0.389 e. The Morgan fingerprint density at radius 1 is 1.36 bits per heavy atom. The quantitative estimate of drug-likeness (QED) is 0.649. The van der Waals surface area contributed by atoms with Gasteiger partial charge in [-0.05, 0) is 6.07 Å². The Balaban J connectivity index is 2.02. The third-order valence-corrected chi connectivity index (χ3v) is 3.05. The normalized spacial score (nSPS) is 34.5. The number of para-hydroxylation sites is 1. The Morgan fingerprint density at radius 3 is 3.14 bits per heavy atom. The molecule has 0 aliphatic carbocycles. The second-order valence-electron chi connectivity index (χ2n) is 3.96. The Hall–Kier alpha value is -1.06. The molecule has 2 aliphatic heterocycles. The number of aliphatic hydroxyl groups excluding tert-OH is 1. The molecule has 0 aromatic heterocycles. The molecule has 1 fully saturated rings. The van der Waals surface area contributed by atoms with Gasteiger partial charge in [0.15, 0.2) is 0 Å². The van der Waals surface area contributed by atoms with Crippen LogP contribution in [0.1, 0.15) is 18.1 Å². The van der Waals surface area contributed by atoms with Crippen molar-refractivity contribution in [3.8, 4) is 0 Å². The fraction of sp³-hybridized carbons (Fsp3) is 0.455. The van der Waals surface area contributed by atoms with E-state index >= 15 is 0 Å². The molecule has 3 atom stereocenters. The minimum atomic E-state index is -0.375. The highest BCUT2D eigenvalue weighted by Gasteiger charge is 2.35. The summed E-state index contributed by atoms with van der Waals surface area (Å²) in [6.45, 7) is 0.441. The third kappa shape index (κ3) is 1.13. The van der Waals surface area contributed by atoms with Gasteiger partial charge in [0.25, 0.3) is 0 Å². The number of aliphatic hydroxyl groups is 1. The second kappa shape index (κ2) is 2.97. The lowest BCUT2D eigenvalue weighted by molar-refractivity contribution is -0.0672. The van der Waals surface area contributed by atoms with Crippen LogP contribution in [0.3, 0.4) is 0 Å². The molecular formula is C11H13NO2. The second-order valence-corrected chi connectivity index (χ2v) is 3.96. The summed E-state index contributed by atoms with van der Waals surface area (Å²) >= 11 is 0. The average Bonchev–Trinajstić information content (AvgIpc) is 2.24. The molecule has 0 radical (unpaired) electrons. The summed E-state index contributed by atoms with van der Waals surface area (Å²) in [5.74, 6) is 0. The summed E-state index contributed by atoms with van der Waals surface area (Å²) in [7, 11) is 0. The number of nitrogens with one attached hydrogen (secondary N) is 1. The molecule has 1 saturated heterocycles. The zero-order valence-electron chi connectivity index (χ0n) is 7.81. The SMILES string of the molecule is O[C@@H]1CO[C@@H]2C[C@H]1Nc1ccccc12. The zero-order valence-corrected chi connectivity index (χ0v) is 7.81. The molecule has 2 aliphatic rings. The smallest absolute Gasteiger partial charge is 0.0975 e. The summed E-state index contributed by atoms with van der Waals surface area (Å²) < 4.78 is 5.60. The first kappa shape index (κ1) is 8.26. The van der Waals surface area contributed by atoms with Crippen LogP contribution in [0.4, 0.5) is 5.69 Å². The van der Waals surface area contributed by atoms with E-state index in [4.69, 9.17) is 4.74 Å². The Labute approximate surface area is 82.7 Å². The maximum absolute atomic E-state index is 9.66. The molecule has 2 bridgehead atoms. The van der Waals surface area contributed by atoms with Crippen LogP contribution in [0.25, 0.3) is 0 Å². The van der Waals surface area contributed by atoms with E-state index in [1.54, 1.807) is 0 Å². The Bertz CT molecular complexity index is 353. The Morgan fingerprint density at radius 2 is 2.21 bits per heavy atom. The molecule has 14 heavy (non-hydrogen) atoms. The first-order chi connectivity index (χ1) is 6.84. The summed E-state index contributed by atoms with van der Waals surface area (Å²) in [5, 5.41) is 13.0. The first-order valence-corrected chi connectivity index (χ1v) is 5.00. The summed E-state index contributed by atoms with van der Waals surface area (Å²) in [6, 6.07) is 8.30. The average molecular weight is 191 g/mol. The molecule has 3 rings (SSSR count). The zero-order chi connectivity index (χ0) is 9.54. The lowest BCUT2D eigenvalue weighted by atomic mass is 9.90. The van der Waals surface area contributed by atoms with Crippen molar-refractivity contribution in [2.75, 3.05) is 11.9 Å². The molecule has 3 heteroatoms. The van der Waals surface area contributed by atoms with E-state index in [9.17, 15) is 5.11 Å². The van der Waals surface area contributed by atoms with Gasteiger partial charge in [0.05, 0.1) is 24.9 Å². The molecule has 1 aromatic carbocycles. The fourth-order valence-corrected chi connectivity index (χ4v) is 2.27. The van der Waals surface area contributed by atoms with Crippen LogP contribution in [0.2, 0.25) is 0 Å². The van der Waals surface area contributed by atoms with Crippen LogP contribution in [-0.2, 0) is 4.74 Å². The van der Waals surface area contributed by atoms with Gasteiger partial charge in [-0.2, -0.15) is 0 Å². The van der Waals surface area contributed by atoms with Crippen LogP contribution < -0.4 is 5.32 Å². The number of fused-ring (bicyclic) bond motifs is 4. The first-order valence-electron chi connectivity index (χ1n) is 5.00. The molecular weight excluding hydrogens is 178 g/mol. The van der Waals surface area contributed by atoms with Crippen LogP contribution in [0, 0.1) is 0 Å². The molecule has 2 heterocycles. The summed E-state index contributed by atoms with van der Waals surface area (Å²) in [5.41, 5.74) is 2.32. The van der Waals surface area contributed by atoms with E-state index in [0.717, 1.165) is 12.1 Å². The third-order valence-electron chi connectivity index (χ3n) is 3.05. The van der Waals surface area contributed by atoms with Crippen molar-refractivity contribution in [1.82, 2.24) is 0 Å². The van der Waals surface area contributed by atoms with Gasteiger partial charge in [0.2, 0.25) is 0 Å². The number of rotatable bonds is 0. The molecule has 2 N–H and O–H groups in total. The highest BCUT2D eigenvalue weighted by molar-refractivity contribution is 5.55. The lowest BCUT2D eigenvalue weighted by Gasteiger charge is -2.40. The molecule has 0 unspecified atom stereocenters. The van der Waals surface area contributed by atoms with Crippen molar-refractivity contribution >= 4 is 5.69 Å². The number of benzene rings is 1. The van der Waals surface area contributed by atoms with Crippen molar-refractivity contribution in [1.29, 1.82) is 0 Å². The van der Waals surface area contributed by atoms with E-state index in [1.807, 2.05) is 18.2 Å². The van der Waals surface area contributed by atoms with Crippen molar-refractivity contribution in [3.63, 3.8) is 0 Å². The molecule has 1 aromatic rings. The molecule has 0 amide bonds. The highest BCUT2D eigenvalue weighted by Crippen LogP contribution is 2.38. The predicted octanol–water partition coefficient (Wildman–Crippen LogP) is 1.30. The van der Waals surface area contributed by atoms with Crippen LogP contribution in [0.5, 0.6) is 0 Å². The Kier molecular flexibility index (Phi) is 1.75. The van der Waals surface area contributed by atoms with Gasteiger partial charge in [-0.25, -0.2) is 0 Å². The molecule has 0 spiro atoms. The number of hydrogen-bond acceptors (Lipinski definition) is 3. The van der Waals surface area contributed by atoms with Crippen LogP contribution in [0.15, 0.2) is 24.3 Å². The van der Waals surface area contributed by atoms with Crippen molar-refractivity contribution in [3.05, 3.63) is 29.8 Å². The van der Waals surface area contributed by atoms with Gasteiger partial charge in [0, 0.05) is 17.7 Å². The van der Waals surface area contributed by atoms with E-state index in [-0.39, 0.29) is 18.2 Å². The summed E-state index contributed by atoms with van der Waals surface area (Å²) in [6.07, 6.45) is 0.665. The van der Waals surface area contributed by atoms with Crippen molar-refractivity contribution < 1.29 is 9.84 Å². The monoisotopic (exact) mass is 191 g/mol. The standard InChI is InChI=1S/C11H13NO2/c13-10-6-14-11-5-9(10)12-8-4-2-1-3-7(8)11/h1-4,9-13H,5-6H2/t9-,10-,11-/m1/s1.